The van der Waals surface area contributed by atoms with Gasteiger partial charge < -0.3 is 20.3 Å². The lowest BCUT2D eigenvalue weighted by Crippen LogP contribution is -2.46. The molecule has 174 valence electrons. The predicted octanol–water partition coefficient (Wildman–Crippen LogP) is 3.43. The molecule has 0 aromatic carbocycles. The molecular formula is C22H42IN5O2. The summed E-state index contributed by atoms with van der Waals surface area (Å²) in [6, 6.07) is 1.97. The molecule has 3 rings (SSSR count). The SMILES string of the molecule is CN=C(NCCC1CCCN(C(=O)OC(C)(C)C)C1)NC1CC(C)N(C2CC2)C1.I. The Kier molecular flexibility index (Phi) is 9.52. The number of nitrogens with zero attached hydrogens (tertiary/aromatic N) is 3. The minimum Gasteiger partial charge on any atom is -0.444 e. The molecule has 30 heavy (non-hydrogen) atoms. The van der Waals surface area contributed by atoms with E-state index in [1.807, 2.05) is 32.7 Å². The molecule has 0 aromatic heterocycles. The van der Waals surface area contributed by atoms with Crippen LogP contribution in [0.1, 0.15) is 66.2 Å². The Morgan fingerprint density at radius 3 is 2.57 bits per heavy atom. The third-order valence-electron chi connectivity index (χ3n) is 6.22. The Hall–Kier alpha value is -0.770. The van der Waals surface area contributed by atoms with Crippen molar-refractivity contribution in [1.29, 1.82) is 0 Å². The summed E-state index contributed by atoms with van der Waals surface area (Å²) in [4.78, 5) is 21.3. The van der Waals surface area contributed by atoms with E-state index in [1.54, 1.807) is 0 Å². The number of likely N-dealkylation sites (tertiary alicyclic amines) is 2. The van der Waals surface area contributed by atoms with E-state index in [-0.39, 0.29) is 30.1 Å². The van der Waals surface area contributed by atoms with Gasteiger partial charge in [0.25, 0.3) is 0 Å². The lowest BCUT2D eigenvalue weighted by atomic mass is 9.95. The smallest absolute Gasteiger partial charge is 0.410 e. The van der Waals surface area contributed by atoms with Gasteiger partial charge in [-0.1, -0.05) is 0 Å². The Morgan fingerprint density at radius 2 is 1.93 bits per heavy atom. The summed E-state index contributed by atoms with van der Waals surface area (Å²) in [6.45, 7) is 11.7. The van der Waals surface area contributed by atoms with E-state index in [0.717, 1.165) is 51.0 Å². The van der Waals surface area contributed by atoms with Crippen molar-refractivity contribution in [1.82, 2.24) is 20.4 Å². The van der Waals surface area contributed by atoms with E-state index in [9.17, 15) is 4.79 Å². The zero-order valence-electron chi connectivity index (χ0n) is 19.4. The highest BCUT2D eigenvalue weighted by atomic mass is 127. The van der Waals surface area contributed by atoms with Gasteiger partial charge in [0.05, 0.1) is 0 Å². The highest BCUT2D eigenvalue weighted by Crippen LogP contribution is 2.33. The molecule has 2 saturated heterocycles. The minimum atomic E-state index is -0.434. The summed E-state index contributed by atoms with van der Waals surface area (Å²) < 4.78 is 5.54. The fraction of sp³-hybridized carbons (Fsp3) is 0.909. The minimum absolute atomic E-state index is 0. The van der Waals surface area contributed by atoms with Crippen molar-refractivity contribution < 1.29 is 9.53 Å². The number of aliphatic imine (C=N–C) groups is 1. The van der Waals surface area contributed by atoms with Crippen LogP contribution in [0.4, 0.5) is 4.79 Å². The number of halogens is 1. The molecule has 3 aliphatic rings. The molecule has 2 aliphatic heterocycles. The van der Waals surface area contributed by atoms with Crippen LogP contribution in [0.3, 0.4) is 0 Å². The number of rotatable bonds is 5. The molecule has 2 N–H and O–H groups in total. The number of hydrogen-bond acceptors (Lipinski definition) is 4. The number of hydrogen-bond donors (Lipinski definition) is 2. The van der Waals surface area contributed by atoms with Crippen molar-refractivity contribution in [2.45, 2.75) is 89.9 Å². The monoisotopic (exact) mass is 535 g/mol. The number of piperidine rings is 1. The molecule has 1 aliphatic carbocycles. The van der Waals surface area contributed by atoms with Gasteiger partial charge in [0.15, 0.2) is 5.96 Å². The van der Waals surface area contributed by atoms with Gasteiger partial charge in [-0.3, -0.25) is 9.89 Å². The van der Waals surface area contributed by atoms with E-state index in [1.165, 1.54) is 25.7 Å². The molecule has 0 radical (unpaired) electrons. The van der Waals surface area contributed by atoms with Crippen molar-refractivity contribution in [3.05, 3.63) is 0 Å². The van der Waals surface area contributed by atoms with Crippen molar-refractivity contribution >= 4 is 36.0 Å². The average Bonchev–Trinajstić information content (AvgIpc) is 3.43. The van der Waals surface area contributed by atoms with E-state index in [4.69, 9.17) is 4.74 Å². The highest BCUT2D eigenvalue weighted by molar-refractivity contribution is 14.0. The van der Waals surface area contributed by atoms with Crippen molar-refractivity contribution in [2.75, 3.05) is 33.2 Å². The molecule has 3 unspecified atom stereocenters. The van der Waals surface area contributed by atoms with Gasteiger partial charge in [-0.25, -0.2) is 4.79 Å². The zero-order chi connectivity index (χ0) is 21.0. The first-order valence-corrected chi connectivity index (χ1v) is 11.5. The molecule has 0 aromatic rings. The molecule has 2 heterocycles. The second kappa shape index (κ2) is 11.2. The van der Waals surface area contributed by atoms with Gasteiger partial charge in [-0.15, -0.1) is 24.0 Å². The summed E-state index contributed by atoms with van der Waals surface area (Å²) in [5.74, 6) is 1.42. The Balaban J connectivity index is 0.00000320. The van der Waals surface area contributed by atoms with Crippen molar-refractivity contribution in [3.63, 3.8) is 0 Å². The fourth-order valence-electron chi connectivity index (χ4n) is 4.65. The van der Waals surface area contributed by atoms with E-state index in [2.05, 4.69) is 27.4 Å². The van der Waals surface area contributed by atoms with Crippen LogP contribution >= 0.6 is 24.0 Å². The lowest BCUT2D eigenvalue weighted by Gasteiger charge is -2.34. The second-order valence-electron chi connectivity index (χ2n) is 10.1. The highest BCUT2D eigenvalue weighted by Gasteiger charge is 2.39. The van der Waals surface area contributed by atoms with Crippen LogP contribution in [0.5, 0.6) is 0 Å². The van der Waals surface area contributed by atoms with E-state index in [0.29, 0.717) is 18.0 Å². The largest absolute Gasteiger partial charge is 0.444 e. The van der Waals surface area contributed by atoms with Gasteiger partial charge in [0.1, 0.15) is 5.60 Å². The normalized spacial score (nSPS) is 28.1. The Labute approximate surface area is 199 Å². The number of amides is 1. The molecule has 8 heteroatoms. The van der Waals surface area contributed by atoms with Crippen LogP contribution < -0.4 is 10.6 Å². The molecule has 1 saturated carbocycles. The number of guanidine groups is 1. The van der Waals surface area contributed by atoms with Crippen LogP contribution in [0.15, 0.2) is 4.99 Å². The first-order chi connectivity index (χ1) is 13.7. The molecule has 7 nitrogen and oxygen atoms in total. The molecule has 0 spiro atoms. The number of nitrogens with one attached hydrogen (secondary N) is 2. The van der Waals surface area contributed by atoms with Gasteiger partial charge in [0.2, 0.25) is 0 Å². The second-order valence-corrected chi connectivity index (χ2v) is 10.1. The summed E-state index contributed by atoms with van der Waals surface area (Å²) in [7, 11) is 1.84. The molecule has 3 atom stereocenters. The topological polar surface area (TPSA) is 69.2 Å². The van der Waals surface area contributed by atoms with Crippen LogP contribution in [0.2, 0.25) is 0 Å². The number of ether oxygens (including phenoxy) is 1. The van der Waals surface area contributed by atoms with Crippen LogP contribution in [-0.2, 0) is 4.74 Å². The molecule has 1 amide bonds. The van der Waals surface area contributed by atoms with Crippen LogP contribution in [-0.4, -0.2) is 78.8 Å². The number of carbonyl (C=O) groups excluding carboxylic acids is 1. The summed E-state index contributed by atoms with van der Waals surface area (Å²) in [5, 5.41) is 7.10. The van der Waals surface area contributed by atoms with Gasteiger partial charge in [-0.05, 0) is 72.1 Å². The van der Waals surface area contributed by atoms with Crippen LogP contribution in [0.25, 0.3) is 0 Å². The predicted molar refractivity (Wildman–Crippen MR) is 133 cm³/mol. The number of carbonyl (C=O) groups is 1. The third kappa shape index (κ3) is 7.73. The van der Waals surface area contributed by atoms with Gasteiger partial charge in [0, 0.05) is 51.4 Å². The molecular weight excluding hydrogens is 493 g/mol. The lowest BCUT2D eigenvalue weighted by molar-refractivity contribution is 0.0162. The first kappa shape index (κ1) is 25.5. The van der Waals surface area contributed by atoms with Crippen molar-refractivity contribution in [3.8, 4) is 0 Å². The fourth-order valence-corrected chi connectivity index (χ4v) is 4.65. The van der Waals surface area contributed by atoms with E-state index >= 15 is 0 Å². The summed E-state index contributed by atoms with van der Waals surface area (Å²) >= 11 is 0. The van der Waals surface area contributed by atoms with Crippen molar-refractivity contribution in [2.24, 2.45) is 10.9 Å². The van der Waals surface area contributed by atoms with E-state index < -0.39 is 5.60 Å². The average molecular weight is 536 g/mol. The van der Waals surface area contributed by atoms with Gasteiger partial charge >= 0.3 is 6.09 Å². The molecule has 0 bridgehead atoms. The first-order valence-electron chi connectivity index (χ1n) is 11.5. The summed E-state index contributed by atoms with van der Waals surface area (Å²) in [5.41, 5.74) is -0.434. The third-order valence-corrected chi connectivity index (χ3v) is 6.22. The van der Waals surface area contributed by atoms with Gasteiger partial charge in [-0.2, -0.15) is 0 Å². The van der Waals surface area contributed by atoms with Crippen LogP contribution in [0, 0.1) is 5.92 Å². The Bertz CT molecular complexity index is 591. The summed E-state index contributed by atoms with van der Waals surface area (Å²) in [6.07, 6.45) is 7.00. The quantitative estimate of drug-likeness (QED) is 0.321. The maximum absolute atomic E-state index is 12.3. The Morgan fingerprint density at radius 1 is 1.20 bits per heavy atom. The molecule has 3 fully saturated rings. The maximum atomic E-state index is 12.3. The maximum Gasteiger partial charge on any atom is 0.410 e. The zero-order valence-corrected chi connectivity index (χ0v) is 21.8. The standard InChI is InChI=1S/C22H41N5O2.HI/c1-16-13-18(15-27(16)19-8-9-19)25-20(23-5)24-11-10-17-7-6-12-26(14-17)21(28)29-22(2,3)4;/h16-19H,6-15H2,1-5H3,(H2,23,24,25);1H.